The molecule has 4 nitrogen and oxygen atoms in total. The second-order valence-electron chi connectivity index (χ2n) is 6.86. The summed E-state index contributed by atoms with van der Waals surface area (Å²) in [5, 5.41) is 20.4. The van der Waals surface area contributed by atoms with Crippen molar-refractivity contribution in [2.24, 2.45) is 5.92 Å². The molecule has 1 fully saturated rings. The Balaban J connectivity index is 0.000000298. The predicted octanol–water partition coefficient (Wildman–Crippen LogP) is 6.16. The molecule has 1 aromatic heterocycles. The van der Waals surface area contributed by atoms with Gasteiger partial charge in [0.05, 0.1) is 5.92 Å². The number of aliphatic carboxylic acids is 1. The summed E-state index contributed by atoms with van der Waals surface area (Å²) in [5.74, 6) is -0.0675. The second kappa shape index (κ2) is 9.60. The molecule has 1 atom stereocenters. The molecular weight excluding hydrogens is 414 g/mol. The minimum atomic E-state index is -0.706. The van der Waals surface area contributed by atoms with Crippen molar-refractivity contribution in [2.45, 2.75) is 63.3 Å². The van der Waals surface area contributed by atoms with Crippen molar-refractivity contribution in [1.29, 1.82) is 0 Å². The van der Waals surface area contributed by atoms with E-state index in [-0.39, 0.29) is 11.7 Å². The first-order chi connectivity index (χ1) is 12.3. The number of hydrogen-bond acceptors (Lipinski definition) is 4. The quantitative estimate of drug-likeness (QED) is 0.395. The Bertz CT molecular complexity index is 775. The van der Waals surface area contributed by atoms with Gasteiger partial charge in [0.1, 0.15) is 9.63 Å². The molecule has 0 bridgehead atoms. The number of thiol groups is 1. The highest BCUT2D eigenvalue weighted by atomic mass is 79.9. The molecule has 6 heteroatoms. The average molecular weight is 440 g/mol. The number of nitrogens with zero attached hydrogens (tertiary/aromatic N) is 1. The number of benzene rings is 1. The fraction of sp³-hybridized carbons (Fsp3) is 0.500. The third-order valence-corrected chi connectivity index (χ3v) is 5.96. The fourth-order valence-electron chi connectivity index (χ4n) is 3.13. The van der Waals surface area contributed by atoms with Gasteiger partial charge in [-0.25, -0.2) is 4.98 Å². The SMILES string of the molecule is CCC(C)C(=O)O.Oc1c(S)nc(Br)c2cc(C3CCCCC3)ccc12. The fourth-order valence-corrected chi connectivity index (χ4v) is 3.99. The lowest BCUT2D eigenvalue weighted by Crippen LogP contribution is -2.06. The highest BCUT2D eigenvalue weighted by Crippen LogP contribution is 2.38. The Hall–Kier alpha value is -1.27. The standard InChI is InChI=1S/C15H16BrNOS.C5H10O2/c16-14-12-8-10(9-4-2-1-3-5-9)6-7-11(12)13(18)15(19)17-14;1-3-4(2)5(6)7/h6-9,18H,1-5H2,(H,17,19);4H,3H2,1-2H3,(H,6,7). The smallest absolute Gasteiger partial charge is 0.306 e. The lowest BCUT2D eigenvalue weighted by atomic mass is 9.83. The molecule has 2 N–H and O–H groups in total. The summed E-state index contributed by atoms with van der Waals surface area (Å²) in [6.07, 6.45) is 7.26. The van der Waals surface area contributed by atoms with E-state index in [4.69, 9.17) is 5.11 Å². The van der Waals surface area contributed by atoms with Gasteiger partial charge in [0.2, 0.25) is 0 Å². The molecule has 2 aromatic rings. The zero-order chi connectivity index (χ0) is 19.3. The summed E-state index contributed by atoms with van der Waals surface area (Å²) in [6, 6.07) is 6.29. The molecule has 1 aromatic carbocycles. The minimum Gasteiger partial charge on any atom is -0.505 e. The van der Waals surface area contributed by atoms with E-state index in [1.807, 2.05) is 13.0 Å². The Kier molecular flexibility index (Phi) is 7.77. The van der Waals surface area contributed by atoms with Gasteiger partial charge in [-0.1, -0.05) is 45.2 Å². The molecule has 0 spiro atoms. The van der Waals surface area contributed by atoms with Gasteiger partial charge >= 0.3 is 5.97 Å². The topological polar surface area (TPSA) is 70.4 Å². The first kappa shape index (κ1) is 21.0. The summed E-state index contributed by atoms with van der Waals surface area (Å²) in [7, 11) is 0. The number of pyridine rings is 1. The van der Waals surface area contributed by atoms with Crippen LogP contribution < -0.4 is 0 Å². The number of aromatic hydroxyl groups is 1. The van der Waals surface area contributed by atoms with Crippen LogP contribution in [0.3, 0.4) is 0 Å². The lowest BCUT2D eigenvalue weighted by molar-refractivity contribution is -0.141. The number of halogens is 1. The van der Waals surface area contributed by atoms with E-state index in [9.17, 15) is 9.90 Å². The van der Waals surface area contributed by atoms with Gasteiger partial charge in [0.25, 0.3) is 0 Å². The van der Waals surface area contributed by atoms with E-state index in [1.165, 1.54) is 37.7 Å². The van der Waals surface area contributed by atoms with E-state index >= 15 is 0 Å². The van der Waals surface area contributed by atoms with Crippen LogP contribution in [-0.2, 0) is 4.79 Å². The summed E-state index contributed by atoms with van der Waals surface area (Å²) in [4.78, 5) is 14.1. The van der Waals surface area contributed by atoms with Crippen molar-refractivity contribution >= 4 is 45.3 Å². The van der Waals surface area contributed by atoms with Crippen molar-refractivity contribution in [1.82, 2.24) is 4.98 Å². The van der Waals surface area contributed by atoms with Crippen molar-refractivity contribution in [3.63, 3.8) is 0 Å². The number of carbonyl (C=O) groups is 1. The van der Waals surface area contributed by atoms with Crippen LogP contribution in [0, 0.1) is 5.92 Å². The molecule has 0 aliphatic heterocycles. The second-order valence-corrected chi connectivity index (χ2v) is 8.04. The zero-order valence-corrected chi connectivity index (χ0v) is 17.7. The third-order valence-electron chi connectivity index (χ3n) is 5.05. The summed E-state index contributed by atoms with van der Waals surface area (Å²) in [6.45, 7) is 3.56. The molecule has 0 amide bonds. The Labute approximate surface area is 168 Å². The molecule has 0 radical (unpaired) electrons. The van der Waals surface area contributed by atoms with Gasteiger partial charge in [-0.05, 0) is 52.7 Å². The molecule has 142 valence electrons. The summed E-state index contributed by atoms with van der Waals surface area (Å²) in [5.41, 5.74) is 1.36. The summed E-state index contributed by atoms with van der Waals surface area (Å²) >= 11 is 7.65. The van der Waals surface area contributed by atoms with Crippen LogP contribution >= 0.6 is 28.6 Å². The summed E-state index contributed by atoms with van der Waals surface area (Å²) < 4.78 is 0.753. The van der Waals surface area contributed by atoms with Gasteiger partial charge in [-0.3, -0.25) is 4.79 Å². The molecule has 1 saturated carbocycles. The van der Waals surface area contributed by atoms with E-state index in [0.717, 1.165) is 21.8 Å². The van der Waals surface area contributed by atoms with Crippen molar-refractivity contribution in [3.05, 3.63) is 28.4 Å². The number of rotatable bonds is 3. The highest BCUT2D eigenvalue weighted by Gasteiger charge is 2.17. The van der Waals surface area contributed by atoms with Gasteiger partial charge in [-0.2, -0.15) is 0 Å². The minimum absolute atomic E-state index is 0.164. The average Bonchev–Trinajstić information content (AvgIpc) is 2.66. The van der Waals surface area contributed by atoms with Crippen LogP contribution in [0.5, 0.6) is 5.75 Å². The number of hydrogen-bond donors (Lipinski definition) is 3. The number of carboxylic acid groups (broad SMARTS) is 1. The maximum absolute atomic E-state index is 10.0. The van der Waals surface area contributed by atoms with Gasteiger partial charge < -0.3 is 10.2 Å². The maximum atomic E-state index is 10.0. The lowest BCUT2D eigenvalue weighted by Gasteiger charge is -2.22. The molecule has 1 unspecified atom stereocenters. The molecule has 26 heavy (non-hydrogen) atoms. The number of carboxylic acids is 1. The predicted molar refractivity (Wildman–Crippen MR) is 111 cm³/mol. The van der Waals surface area contributed by atoms with Crippen LogP contribution in [0.15, 0.2) is 27.8 Å². The molecule has 1 aliphatic rings. The van der Waals surface area contributed by atoms with Crippen molar-refractivity contribution < 1.29 is 15.0 Å². The van der Waals surface area contributed by atoms with Gasteiger partial charge in [0.15, 0.2) is 5.75 Å². The molecule has 0 saturated heterocycles. The van der Waals surface area contributed by atoms with Crippen LogP contribution in [0.1, 0.15) is 63.9 Å². The van der Waals surface area contributed by atoms with Crippen LogP contribution in [-0.4, -0.2) is 21.2 Å². The molecule has 1 heterocycles. The van der Waals surface area contributed by atoms with Gasteiger partial charge in [0, 0.05) is 10.8 Å². The van der Waals surface area contributed by atoms with E-state index in [1.54, 1.807) is 6.92 Å². The van der Waals surface area contributed by atoms with Gasteiger partial charge in [-0.15, -0.1) is 12.6 Å². The Morgan fingerprint density at radius 1 is 1.31 bits per heavy atom. The highest BCUT2D eigenvalue weighted by molar-refractivity contribution is 9.10. The third kappa shape index (κ3) is 5.13. The number of aromatic nitrogens is 1. The van der Waals surface area contributed by atoms with Crippen LogP contribution in [0.4, 0.5) is 0 Å². The first-order valence-corrected chi connectivity index (χ1v) is 10.3. The molecular formula is C20H26BrNO3S. The zero-order valence-electron chi connectivity index (χ0n) is 15.2. The van der Waals surface area contributed by atoms with Crippen LogP contribution in [0.2, 0.25) is 0 Å². The Morgan fingerprint density at radius 2 is 1.96 bits per heavy atom. The van der Waals surface area contributed by atoms with E-state index < -0.39 is 5.97 Å². The maximum Gasteiger partial charge on any atom is 0.306 e. The van der Waals surface area contributed by atoms with E-state index in [2.05, 4.69) is 45.7 Å². The first-order valence-electron chi connectivity index (χ1n) is 9.09. The van der Waals surface area contributed by atoms with E-state index in [0.29, 0.717) is 10.9 Å². The number of fused-ring (bicyclic) bond motifs is 1. The largest absolute Gasteiger partial charge is 0.505 e. The normalized spacial score (nSPS) is 16.0. The van der Waals surface area contributed by atoms with Crippen molar-refractivity contribution in [2.75, 3.05) is 0 Å². The molecule has 1 aliphatic carbocycles. The monoisotopic (exact) mass is 439 g/mol. The van der Waals surface area contributed by atoms with Crippen molar-refractivity contribution in [3.8, 4) is 5.75 Å². The van der Waals surface area contributed by atoms with Crippen LogP contribution in [0.25, 0.3) is 10.8 Å². The Morgan fingerprint density at radius 3 is 2.50 bits per heavy atom. The molecule has 3 rings (SSSR count).